The highest BCUT2D eigenvalue weighted by Gasteiger charge is 2.35. The average molecular weight is 625 g/mol. The minimum absolute atomic E-state index is 0.0897. The topological polar surface area (TPSA) is 87.9 Å². The van der Waals surface area contributed by atoms with E-state index in [1.807, 2.05) is 6.92 Å². The Morgan fingerprint density at radius 3 is 2.41 bits per heavy atom. The van der Waals surface area contributed by atoms with Crippen molar-refractivity contribution in [3.05, 3.63) is 76.5 Å². The summed E-state index contributed by atoms with van der Waals surface area (Å²) in [6, 6.07) is 17.1. The van der Waals surface area contributed by atoms with Gasteiger partial charge in [0.2, 0.25) is 5.91 Å². The molecule has 1 N–H and O–H groups in total. The van der Waals surface area contributed by atoms with Crippen LogP contribution in [0.25, 0.3) is 21.9 Å². The van der Waals surface area contributed by atoms with Crippen LogP contribution in [-0.4, -0.2) is 82.3 Å². The molecule has 1 unspecified atom stereocenters. The van der Waals surface area contributed by atoms with Crippen molar-refractivity contribution in [2.75, 3.05) is 45.9 Å². The van der Waals surface area contributed by atoms with Crippen LogP contribution >= 0.6 is 0 Å². The first-order chi connectivity index (χ1) is 22.4. The van der Waals surface area contributed by atoms with Crippen LogP contribution in [0.3, 0.4) is 0 Å². The number of amides is 1. The number of ether oxygens (including phenoxy) is 1. The summed E-state index contributed by atoms with van der Waals surface area (Å²) >= 11 is 0. The van der Waals surface area contributed by atoms with E-state index in [0.717, 1.165) is 109 Å². The third kappa shape index (κ3) is 6.69. The van der Waals surface area contributed by atoms with Crippen LogP contribution in [-0.2, 0) is 27.3 Å². The number of rotatable bonds is 11. The molecule has 1 amide bonds. The van der Waals surface area contributed by atoms with Crippen LogP contribution in [0.5, 0.6) is 0 Å². The molecule has 4 heterocycles. The number of para-hydroxylation sites is 1. The van der Waals surface area contributed by atoms with Gasteiger partial charge in [0.05, 0.1) is 11.4 Å². The van der Waals surface area contributed by atoms with Gasteiger partial charge in [0.15, 0.2) is 0 Å². The van der Waals surface area contributed by atoms with Crippen LogP contribution in [0, 0.1) is 19.8 Å². The fraction of sp³-hybridized carbons (Fsp3) is 0.500. The lowest BCUT2D eigenvalue weighted by Gasteiger charge is -2.39. The number of carbonyl (C=O) groups excluding carboxylic acids is 1. The normalized spacial score (nSPS) is 17.2. The van der Waals surface area contributed by atoms with Gasteiger partial charge in [-0.15, -0.1) is 0 Å². The first-order valence-corrected chi connectivity index (χ1v) is 17.1. The number of aliphatic carboxylic acids is 1. The Hall–Kier alpha value is -3.75. The van der Waals surface area contributed by atoms with Crippen LogP contribution in [0.1, 0.15) is 72.9 Å². The number of aromatic nitrogens is 2. The Kier molecular flexibility index (Phi) is 10.0. The minimum atomic E-state index is -0.796. The van der Waals surface area contributed by atoms with Gasteiger partial charge in [-0.2, -0.15) is 0 Å². The molecule has 0 bridgehead atoms. The lowest BCUT2D eigenvalue weighted by Crippen LogP contribution is -2.51. The molecule has 0 radical (unpaired) electrons. The molecule has 244 valence electrons. The molecule has 4 aromatic rings. The van der Waals surface area contributed by atoms with Gasteiger partial charge in [-0.3, -0.25) is 14.5 Å². The number of benzene rings is 2. The van der Waals surface area contributed by atoms with Gasteiger partial charge in [-0.25, -0.2) is 4.98 Å². The number of pyridine rings is 1. The fourth-order valence-electron chi connectivity index (χ4n) is 7.63. The van der Waals surface area contributed by atoms with E-state index in [4.69, 9.17) is 9.72 Å². The van der Waals surface area contributed by atoms with E-state index in [1.165, 1.54) is 12.8 Å². The second-order valence-corrected chi connectivity index (χ2v) is 13.2. The van der Waals surface area contributed by atoms with E-state index in [9.17, 15) is 14.7 Å². The second kappa shape index (κ2) is 14.3. The first kappa shape index (κ1) is 32.2. The molecule has 2 fully saturated rings. The van der Waals surface area contributed by atoms with Crippen LogP contribution in [0.4, 0.5) is 0 Å². The van der Waals surface area contributed by atoms with Crippen LogP contribution in [0.2, 0.25) is 0 Å². The number of nitrogens with zero attached hydrogens (tertiary/aromatic N) is 4. The van der Waals surface area contributed by atoms with Gasteiger partial charge in [0.25, 0.3) is 0 Å². The molecule has 2 aromatic heterocycles. The van der Waals surface area contributed by atoms with E-state index < -0.39 is 5.97 Å². The molecule has 8 heteroatoms. The number of fused-ring (bicyclic) bond motifs is 3. The minimum Gasteiger partial charge on any atom is -0.481 e. The first-order valence-electron chi connectivity index (χ1n) is 17.1. The number of hydrogen-bond donors (Lipinski definition) is 1. The number of hydrogen-bond acceptors (Lipinski definition) is 5. The third-order valence-corrected chi connectivity index (χ3v) is 10.3. The molecule has 0 saturated carbocycles. The molecule has 2 saturated heterocycles. The maximum Gasteiger partial charge on any atom is 0.303 e. The lowest BCUT2D eigenvalue weighted by molar-refractivity contribution is -0.137. The maximum atomic E-state index is 14.1. The molecule has 2 aliphatic heterocycles. The van der Waals surface area contributed by atoms with Gasteiger partial charge < -0.3 is 19.3 Å². The highest BCUT2D eigenvalue weighted by atomic mass is 16.5. The highest BCUT2D eigenvalue weighted by molar-refractivity contribution is 6.08. The standard InChI is InChI=1S/C38H48N4O4/c1-4-5-18-40-19-21-41(22-20-40)38(45)36(30-16-23-46-24-17-30)29-12-10-28(11-13-29)25-42-33-9-7-6-8-32(33)35-26(2)31(14-15-34(43)44)27(3)39-37(35)42/h6-13,30,36H,4-5,14-25H2,1-3H3,(H,43,44). The second-order valence-electron chi connectivity index (χ2n) is 13.2. The van der Waals surface area contributed by atoms with E-state index in [1.54, 1.807) is 0 Å². The summed E-state index contributed by atoms with van der Waals surface area (Å²) in [6.07, 6.45) is 4.79. The van der Waals surface area contributed by atoms with Crippen molar-refractivity contribution in [1.82, 2.24) is 19.4 Å². The summed E-state index contributed by atoms with van der Waals surface area (Å²) in [5.74, 6) is -0.390. The number of piperazine rings is 1. The van der Waals surface area contributed by atoms with Crippen LogP contribution < -0.4 is 0 Å². The van der Waals surface area contributed by atoms with E-state index in [2.05, 4.69) is 76.7 Å². The summed E-state index contributed by atoms with van der Waals surface area (Å²) in [5.41, 5.74) is 7.31. The zero-order valence-corrected chi connectivity index (χ0v) is 27.6. The number of unbranched alkanes of at least 4 members (excludes halogenated alkanes) is 1. The molecule has 8 nitrogen and oxygen atoms in total. The molecule has 2 aliphatic rings. The largest absolute Gasteiger partial charge is 0.481 e. The summed E-state index contributed by atoms with van der Waals surface area (Å²) in [6.45, 7) is 13.0. The van der Waals surface area contributed by atoms with Gasteiger partial charge in [-0.1, -0.05) is 55.8 Å². The zero-order valence-electron chi connectivity index (χ0n) is 27.6. The average Bonchev–Trinajstić information content (AvgIpc) is 3.37. The van der Waals surface area contributed by atoms with Gasteiger partial charge in [-0.05, 0) is 80.3 Å². The fourth-order valence-corrected chi connectivity index (χ4v) is 7.63. The van der Waals surface area contributed by atoms with Gasteiger partial charge in [0.1, 0.15) is 5.65 Å². The Morgan fingerprint density at radius 1 is 1.00 bits per heavy atom. The van der Waals surface area contributed by atoms with Crippen molar-refractivity contribution in [2.24, 2.45) is 5.92 Å². The Morgan fingerprint density at radius 2 is 1.72 bits per heavy atom. The van der Waals surface area contributed by atoms with E-state index in [-0.39, 0.29) is 24.2 Å². The molecule has 2 aromatic carbocycles. The van der Waals surface area contributed by atoms with Crippen molar-refractivity contribution in [1.29, 1.82) is 0 Å². The number of carboxylic acid groups (broad SMARTS) is 1. The highest BCUT2D eigenvalue weighted by Crippen LogP contribution is 2.36. The summed E-state index contributed by atoms with van der Waals surface area (Å²) in [4.78, 5) is 35.1. The predicted octanol–water partition coefficient (Wildman–Crippen LogP) is 6.33. The molecule has 0 aliphatic carbocycles. The van der Waals surface area contributed by atoms with Crippen molar-refractivity contribution < 1.29 is 19.4 Å². The molecular formula is C38H48N4O4. The molecule has 1 atom stereocenters. The van der Waals surface area contributed by atoms with Crippen LogP contribution in [0.15, 0.2) is 48.5 Å². The Labute approximate surface area is 272 Å². The van der Waals surface area contributed by atoms with Gasteiger partial charge >= 0.3 is 5.97 Å². The SMILES string of the molecule is CCCCN1CCN(C(=O)C(c2ccc(Cn3c4ccccc4c4c(C)c(CCC(=O)O)c(C)nc43)cc2)C2CCOCC2)CC1. The quantitative estimate of drug-likeness (QED) is 0.210. The summed E-state index contributed by atoms with van der Waals surface area (Å²) in [7, 11) is 0. The van der Waals surface area contributed by atoms with Crippen molar-refractivity contribution >= 4 is 33.8 Å². The van der Waals surface area contributed by atoms with Crippen molar-refractivity contribution in [3.63, 3.8) is 0 Å². The third-order valence-electron chi connectivity index (χ3n) is 10.3. The smallest absolute Gasteiger partial charge is 0.303 e. The zero-order chi connectivity index (χ0) is 32.2. The predicted molar refractivity (Wildman–Crippen MR) is 182 cm³/mol. The summed E-state index contributed by atoms with van der Waals surface area (Å²) < 4.78 is 7.97. The van der Waals surface area contributed by atoms with Crippen molar-refractivity contribution in [2.45, 2.75) is 71.8 Å². The molecule has 6 rings (SSSR count). The van der Waals surface area contributed by atoms with Gasteiger partial charge in [0, 0.05) is 68.8 Å². The van der Waals surface area contributed by atoms with E-state index in [0.29, 0.717) is 13.0 Å². The van der Waals surface area contributed by atoms with E-state index >= 15 is 0 Å². The molecule has 46 heavy (non-hydrogen) atoms. The summed E-state index contributed by atoms with van der Waals surface area (Å²) in [5, 5.41) is 11.5. The lowest BCUT2D eigenvalue weighted by atomic mass is 9.80. The van der Waals surface area contributed by atoms with Crippen molar-refractivity contribution in [3.8, 4) is 0 Å². The maximum absolute atomic E-state index is 14.1. The number of carbonyl (C=O) groups is 2. The number of aryl methyl sites for hydroxylation is 2. The Bertz CT molecular complexity index is 1680. The molecular weight excluding hydrogens is 576 g/mol. The number of carboxylic acids is 1. The monoisotopic (exact) mass is 624 g/mol. The molecule has 0 spiro atoms. The Balaban J connectivity index is 1.28.